The molecule has 3 heteroatoms. The van der Waals surface area contributed by atoms with Crippen molar-refractivity contribution >= 4 is 0 Å². The molecule has 2 aliphatic heterocycles. The van der Waals surface area contributed by atoms with Gasteiger partial charge in [0, 0.05) is 25.7 Å². The number of hydrogen-bond donors (Lipinski definition) is 1. The van der Waals surface area contributed by atoms with E-state index in [9.17, 15) is 0 Å². The van der Waals surface area contributed by atoms with Crippen LogP contribution >= 0.6 is 0 Å². The molecular formula is C13H26N2O. The minimum atomic E-state index is 0.128. The summed E-state index contributed by atoms with van der Waals surface area (Å²) in [6.07, 6.45) is 4.86. The van der Waals surface area contributed by atoms with Gasteiger partial charge in [-0.2, -0.15) is 0 Å². The summed E-state index contributed by atoms with van der Waals surface area (Å²) >= 11 is 0. The lowest BCUT2D eigenvalue weighted by Gasteiger charge is -2.42. The first-order chi connectivity index (χ1) is 7.73. The fourth-order valence-electron chi connectivity index (χ4n) is 2.89. The maximum atomic E-state index is 5.92. The van der Waals surface area contributed by atoms with Gasteiger partial charge in [0.15, 0.2) is 0 Å². The van der Waals surface area contributed by atoms with E-state index in [1.54, 1.807) is 0 Å². The maximum absolute atomic E-state index is 5.92. The molecule has 2 unspecified atom stereocenters. The van der Waals surface area contributed by atoms with Crippen molar-refractivity contribution in [3.63, 3.8) is 0 Å². The highest BCUT2D eigenvalue weighted by atomic mass is 16.5. The van der Waals surface area contributed by atoms with Crippen LogP contribution in [0.25, 0.3) is 0 Å². The van der Waals surface area contributed by atoms with E-state index in [1.165, 1.54) is 38.9 Å². The molecule has 3 nitrogen and oxygen atoms in total. The second-order valence-electron chi connectivity index (χ2n) is 5.44. The molecule has 0 bridgehead atoms. The van der Waals surface area contributed by atoms with E-state index in [0.717, 1.165) is 25.6 Å². The number of hydrogen-bond acceptors (Lipinski definition) is 3. The summed E-state index contributed by atoms with van der Waals surface area (Å²) in [6, 6.07) is 0.749. The standard InChI is InChI=1S/C13H26N2O/c1-3-13(2)11-12(5-10-16-13)15-8-4-6-14-7-9-15/h12,14H,3-11H2,1-2H3. The second-order valence-corrected chi connectivity index (χ2v) is 5.44. The van der Waals surface area contributed by atoms with E-state index in [0.29, 0.717) is 0 Å². The molecule has 2 heterocycles. The topological polar surface area (TPSA) is 24.5 Å². The SMILES string of the molecule is CCC1(C)CC(N2CCCNCC2)CCO1. The fourth-order valence-corrected chi connectivity index (χ4v) is 2.89. The van der Waals surface area contributed by atoms with Crippen LogP contribution in [-0.2, 0) is 4.74 Å². The van der Waals surface area contributed by atoms with Crippen LogP contribution in [0.2, 0.25) is 0 Å². The van der Waals surface area contributed by atoms with Crippen molar-refractivity contribution in [3.05, 3.63) is 0 Å². The van der Waals surface area contributed by atoms with Crippen molar-refractivity contribution < 1.29 is 4.74 Å². The van der Waals surface area contributed by atoms with Gasteiger partial charge >= 0.3 is 0 Å². The Morgan fingerprint density at radius 3 is 3.06 bits per heavy atom. The summed E-state index contributed by atoms with van der Waals surface area (Å²) in [4.78, 5) is 2.68. The first-order valence-electron chi connectivity index (χ1n) is 6.82. The summed E-state index contributed by atoms with van der Waals surface area (Å²) in [7, 11) is 0. The normalized spacial score (nSPS) is 38.2. The second kappa shape index (κ2) is 5.48. The molecular weight excluding hydrogens is 200 g/mol. The van der Waals surface area contributed by atoms with Crippen LogP contribution in [0, 0.1) is 0 Å². The van der Waals surface area contributed by atoms with Crippen molar-refractivity contribution in [1.29, 1.82) is 0 Å². The van der Waals surface area contributed by atoms with Crippen LogP contribution in [0.5, 0.6) is 0 Å². The predicted molar refractivity (Wildman–Crippen MR) is 66.7 cm³/mol. The van der Waals surface area contributed by atoms with Crippen molar-refractivity contribution in [2.45, 2.75) is 51.2 Å². The average Bonchev–Trinajstić information content (AvgIpc) is 2.58. The predicted octanol–water partition coefficient (Wildman–Crippen LogP) is 1.63. The molecule has 2 atom stereocenters. The van der Waals surface area contributed by atoms with Gasteiger partial charge in [-0.05, 0) is 45.7 Å². The Morgan fingerprint density at radius 1 is 1.38 bits per heavy atom. The van der Waals surface area contributed by atoms with Crippen molar-refractivity contribution in [2.75, 3.05) is 32.8 Å². The van der Waals surface area contributed by atoms with Crippen molar-refractivity contribution in [3.8, 4) is 0 Å². The van der Waals surface area contributed by atoms with E-state index < -0.39 is 0 Å². The molecule has 0 aromatic carbocycles. The zero-order valence-electron chi connectivity index (χ0n) is 10.8. The van der Waals surface area contributed by atoms with Gasteiger partial charge in [0.25, 0.3) is 0 Å². The molecule has 94 valence electrons. The van der Waals surface area contributed by atoms with Crippen LogP contribution in [0.3, 0.4) is 0 Å². The third-order valence-electron chi connectivity index (χ3n) is 4.21. The van der Waals surface area contributed by atoms with Crippen LogP contribution in [0.1, 0.15) is 39.5 Å². The molecule has 0 aromatic heterocycles. The highest BCUT2D eigenvalue weighted by molar-refractivity contribution is 4.87. The minimum Gasteiger partial charge on any atom is -0.375 e. The van der Waals surface area contributed by atoms with Gasteiger partial charge in [-0.1, -0.05) is 6.92 Å². The molecule has 0 spiro atoms. The first kappa shape index (κ1) is 12.3. The molecule has 0 amide bonds. The zero-order chi connectivity index (χ0) is 11.4. The number of rotatable bonds is 2. The molecule has 2 aliphatic rings. The van der Waals surface area contributed by atoms with E-state index >= 15 is 0 Å². The van der Waals surface area contributed by atoms with Gasteiger partial charge in [-0.15, -0.1) is 0 Å². The zero-order valence-corrected chi connectivity index (χ0v) is 10.8. The van der Waals surface area contributed by atoms with Gasteiger partial charge in [-0.3, -0.25) is 4.90 Å². The van der Waals surface area contributed by atoms with Gasteiger partial charge in [0.05, 0.1) is 5.60 Å². The number of nitrogens with one attached hydrogen (secondary N) is 1. The maximum Gasteiger partial charge on any atom is 0.0666 e. The van der Waals surface area contributed by atoms with E-state index in [-0.39, 0.29) is 5.60 Å². The van der Waals surface area contributed by atoms with Crippen LogP contribution in [-0.4, -0.2) is 49.3 Å². The minimum absolute atomic E-state index is 0.128. The molecule has 0 aromatic rings. The Morgan fingerprint density at radius 2 is 2.25 bits per heavy atom. The fraction of sp³-hybridized carbons (Fsp3) is 1.00. The van der Waals surface area contributed by atoms with Crippen molar-refractivity contribution in [2.24, 2.45) is 0 Å². The van der Waals surface area contributed by atoms with E-state index in [1.807, 2.05) is 0 Å². The first-order valence-corrected chi connectivity index (χ1v) is 6.82. The van der Waals surface area contributed by atoms with Crippen molar-refractivity contribution in [1.82, 2.24) is 10.2 Å². The quantitative estimate of drug-likeness (QED) is 0.774. The molecule has 0 radical (unpaired) electrons. The van der Waals surface area contributed by atoms with Gasteiger partial charge < -0.3 is 10.1 Å². The molecule has 1 N–H and O–H groups in total. The van der Waals surface area contributed by atoms with Crippen LogP contribution in [0.4, 0.5) is 0 Å². The lowest BCUT2D eigenvalue weighted by molar-refractivity contribution is -0.0958. The molecule has 16 heavy (non-hydrogen) atoms. The number of nitrogens with zero attached hydrogens (tertiary/aromatic N) is 1. The third-order valence-corrected chi connectivity index (χ3v) is 4.21. The Bertz CT molecular complexity index is 214. The third kappa shape index (κ3) is 2.96. The number of ether oxygens (including phenoxy) is 1. The highest BCUT2D eigenvalue weighted by Crippen LogP contribution is 2.30. The summed E-state index contributed by atoms with van der Waals surface area (Å²) in [5, 5.41) is 3.48. The summed E-state index contributed by atoms with van der Waals surface area (Å²) < 4.78 is 5.92. The van der Waals surface area contributed by atoms with Crippen LogP contribution in [0.15, 0.2) is 0 Å². The van der Waals surface area contributed by atoms with Gasteiger partial charge in [0.2, 0.25) is 0 Å². The Labute approximate surface area is 99.5 Å². The average molecular weight is 226 g/mol. The molecule has 0 aliphatic carbocycles. The summed E-state index contributed by atoms with van der Waals surface area (Å²) in [6.45, 7) is 10.3. The molecule has 2 saturated heterocycles. The lowest BCUT2D eigenvalue weighted by Crippen LogP contribution is -2.48. The molecule has 0 saturated carbocycles. The summed E-state index contributed by atoms with van der Waals surface area (Å²) in [5.41, 5.74) is 0.128. The van der Waals surface area contributed by atoms with Gasteiger partial charge in [0.1, 0.15) is 0 Å². The highest BCUT2D eigenvalue weighted by Gasteiger charge is 2.34. The summed E-state index contributed by atoms with van der Waals surface area (Å²) in [5.74, 6) is 0. The Kier molecular flexibility index (Phi) is 4.22. The van der Waals surface area contributed by atoms with E-state index in [4.69, 9.17) is 4.74 Å². The van der Waals surface area contributed by atoms with E-state index in [2.05, 4.69) is 24.1 Å². The Hall–Kier alpha value is -0.120. The van der Waals surface area contributed by atoms with Crippen LogP contribution < -0.4 is 5.32 Å². The monoisotopic (exact) mass is 226 g/mol. The molecule has 2 rings (SSSR count). The smallest absolute Gasteiger partial charge is 0.0666 e. The lowest BCUT2D eigenvalue weighted by atomic mass is 9.89. The van der Waals surface area contributed by atoms with Gasteiger partial charge in [-0.25, -0.2) is 0 Å². The largest absolute Gasteiger partial charge is 0.375 e. The molecule has 2 fully saturated rings. The Balaban J connectivity index is 1.92.